The van der Waals surface area contributed by atoms with Gasteiger partial charge < -0.3 is 14.5 Å². The van der Waals surface area contributed by atoms with Gasteiger partial charge in [-0.1, -0.05) is 6.07 Å². The Hall–Kier alpha value is -3.67. The van der Waals surface area contributed by atoms with Crippen molar-refractivity contribution in [1.29, 1.82) is 0 Å². The molecule has 0 radical (unpaired) electrons. The van der Waals surface area contributed by atoms with Gasteiger partial charge in [-0.3, -0.25) is 4.79 Å². The van der Waals surface area contributed by atoms with Crippen LogP contribution in [-0.4, -0.2) is 22.4 Å². The zero-order valence-electron chi connectivity index (χ0n) is 15.4. The van der Waals surface area contributed by atoms with Crippen LogP contribution in [-0.2, 0) is 0 Å². The van der Waals surface area contributed by atoms with Gasteiger partial charge in [0.1, 0.15) is 17.2 Å². The first-order chi connectivity index (χ1) is 13.5. The van der Waals surface area contributed by atoms with E-state index in [0.29, 0.717) is 5.69 Å². The lowest BCUT2D eigenvalue weighted by Crippen LogP contribution is -2.12. The first-order valence-electron chi connectivity index (χ1n) is 8.75. The second-order valence-corrected chi connectivity index (χ2v) is 6.38. The number of hydrogen-bond donors (Lipinski definition) is 1. The summed E-state index contributed by atoms with van der Waals surface area (Å²) in [5.74, 6) is -0.0304. The number of benzene rings is 2. The fourth-order valence-electron chi connectivity index (χ4n) is 3.09. The highest BCUT2D eigenvalue weighted by molar-refractivity contribution is 6.04. The van der Waals surface area contributed by atoms with Crippen molar-refractivity contribution in [3.63, 3.8) is 0 Å². The van der Waals surface area contributed by atoms with E-state index in [1.54, 1.807) is 19.2 Å². The molecule has 0 atom stereocenters. The van der Waals surface area contributed by atoms with Crippen LogP contribution >= 0.6 is 0 Å². The first-order valence-corrected chi connectivity index (χ1v) is 8.75. The molecule has 0 spiro atoms. The summed E-state index contributed by atoms with van der Waals surface area (Å²) in [6.45, 7) is 1.97. The molecule has 0 saturated heterocycles. The first kappa shape index (κ1) is 17.7. The summed E-state index contributed by atoms with van der Waals surface area (Å²) in [6, 6.07) is 16.9. The Balaban J connectivity index is 1.65. The molecule has 0 aliphatic heterocycles. The molecule has 2 aromatic carbocycles. The van der Waals surface area contributed by atoms with E-state index in [2.05, 4.69) is 10.3 Å². The van der Waals surface area contributed by atoms with Crippen LogP contribution in [0.1, 0.15) is 16.1 Å². The van der Waals surface area contributed by atoms with Crippen LogP contribution in [0.25, 0.3) is 16.9 Å². The largest absolute Gasteiger partial charge is 0.497 e. The van der Waals surface area contributed by atoms with Crippen LogP contribution in [0.2, 0.25) is 0 Å². The van der Waals surface area contributed by atoms with Crippen molar-refractivity contribution in [1.82, 2.24) is 9.38 Å². The van der Waals surface area contributed by atoms with Gasteiger partial charge in [-0.25, -0.2) is 9.37 Å². The van der Waals surface area contributed by atoms with E-state index >= 15 is 0 Å². The third kappa shape index (κ3) is 3.32. The fraction of sp³-hybridized carbons (Fsp3) is 0.0909. The van der Waals surface area contributed by atoms with E-state index in [9.17, 15) is 9.18 Å². The Morgan fingerprint density at radius 1 is 1.11 bits per heavy atom. The average Bonchev–Trinajstić information content (AvgIpc) is 3.04. The number of aromatic nitrogens is 2. The Bertz CT molecular complexity index is 1170. The third-order valence-electron chi connectivity index (χ3n) is 4.57. The van der Waals surface area contributed by atoms with Crippen LogP contribution < -0.4 is 10.1 Å². The molecule has 140 valence electrons. The van der Waals surface area contributed by atoms with Crippen LogP contribution in [0.4, 0.5) is 10.1 Å². The van der Waals surface area contributed by atoms with Crippen molar-refractivity contribution in [2.45, 2.75) is 6.92 Å². The minimum absolute atomic E-state index is 0.265. The number of anilines is 1. The number of carbonyl (C=O) groups excluding carboxylic acids is 1. The number of nitrogens with one attached hydrogen (secondary N) is 1. The number of fused-ring (bicyclic) bond motifs is 1. The maximum atomic E-state index is 13.3. The van der Waals surface area contributed by atoms with E-state index in [0.717, 1.165) is 28.3 Å². The van der Waals surface area contributed by atoms with E-state index in [1.165, 1.54) is 18.2 Å². The lowest BCUT2D eigenvalue weighted by molar-refractivity contribution is 0.102. The topological polar surface area (TPSA) is 55.6 Å². The van der Waals surface area contributed by atoms with Crippen molar-refractivity contribution in [2.75, 3.05) is 12.4 Å². The molecule has 5 nitrogen and oxygen atoms in total. The van der Waals surface area contributed by atoms with Crippen LogP contribution in [0.5, 0.6) is 5.75 Å². The second kappa shape index (κ2) is 7.15. The normalized spacial score (nSPS) is 10.8. The molecule has 0 aliphatic carbocycles. The summed E-state index contributed by atoms with van der Waals surface area (Å²) in [5, 5.41) is 2.80. The number of amides is 1. The zero-order valence-corrected chi connectivity index (χ0v) is 15.4. The molecule has 0 aliphatic rings. The maximum Gasteiger partial charge on any atom is 0.255 e. The second-order valence-electron chi connectivity index (χ2n) is 6.38. The van der Waals surface area contributed by atoms with Crippen molar-refractivity contribution < 1.29 is 13.9 Å². The molecule has 0 unspecified atom stereocenters. The summed E-state index contributed by atoms with van der Waals surface area (Å²) in [7, 11) is 1.63. The van der Waals surface area contributed by atoms with Crippen molar-refractivity contribution in [3.05, 3.63) is 83.9 Å². The van der Waals surface area contributed by atoms with E-state index in [1.807, 2.05) is 47.9 Å². The Kier molecular flexibility index (Phi) is 4.53. The van der Waals surface area contributed by atoms with Gasteiger partial charge in [-0.05, 0) is 61.5 Å². The summed E-state index contributed by atoms with van der Waals surface area (Å²) >= 11 is 0. The van der Waals surface area contributed by atoms with Crippen LogP contribution in [0, 0.1) is 12.7 Å². The average molecular weight is 375 g/mol. The van der Waals surface area contributed by atoms with E-state index in [4.69, 9.17) is 4.74 Å². The van der Waals surface area contributed by atoms with Crippen molar-refractivity contribution in [2.24, 2.45) is 0 Å². The smallest absolute Gasteiger partial charge is 0.255 e. The number of pyridine rings is 1. The molecule has 2 aromatic heterocycles. The van der Waals surface area contributed by atoms with Gasteiger partial charge in [0.15, 0.2) is 0 Å². The molecular formula is C22H18FN3O2. The van der Waals surface area contributed by atoms with Gasteiger partial charge in [-0.15, -0.1) is 0 Å². The lowest BCUT2D eigenvalue weighted by Gasteiger charge is -2.07. The summed E-state index contributed by atoms with van der Waals surface area (Å²) < 4.78 is 20.5. The monoisotopic (exact) mass is 375 g/mol. The molecule has 0 bridgehead atoms. The van der Waals surface area contributed by atoms with Crippen LogP contribution in [0.15, 0.2) is 66.9 Å². The highest BCUT2D eigenvalue weighted by Crippen LogP contribution is 2.26. The number of hydrogen-bond acceptors (Lipinski definition) is 3. The van der Waals surface area contributed by atoms with Crippen molar-refractivity contribution >= 4 is 17.2 Å². The van der Waals surface area contributed by atoms with Gasteiger partial charge in [-0.2, -0.15) is 0 Å². The molecule has 2 heterocycles. The van der Waals surface area contributed by atoms with Gasteiger partial charge >= 0.3 is 0 Å². The zero-order chi connectivity index (χ0) is 19.7. The molecular weight excluding hydrogens is 357 g/mol. The summed E-state index contributed by atoms with van der Waals surface area (Å²) in [4.78, 5) is 17.0. The Labute approximate surface area is 161 Å². The summed E-state index contributed by atoms with van der Waals surface area (Å²) in [5.41, 5.74) is 4.42. The number of methoxy groups -OCH3 is 1. The number of aryl methyl sites for hydroxylation is 1. The predicted octanol–water partition coefficient (Wildman–Crippen LogP) is 4.71. The van der Waals surface area contributed by atoms with Gasteiger partial charge in [0, 0.05) is 23.0 Å². The third-order valence-corrected chi connectivity index (χ3v) is 4.57. The molecule has 1 N–H and O–H groups in total. The number of carbonyl (C=O) groups is 1. The quantitative estimate of drug-likeness (QED) is 0.562. The number of nitrogens with zero attached hydrogens (tertiary/aromatic N) is 2. The maximum absolute atomic E-state index is 13.3. The van der Waals surface area contributed by atoms with E-state index < -0.39 is 5.82 Å². The highest BCUT2D eigenvalue weighted by Gasteiger charge is 2.12. The molecule has 28 heavy (non-hydrogen) atoms. The molecule has 4 aromatic rings. The minimum atomic E-state index is -0.447. The van der Waals surface area contributed by atoms with Gasteiger partial charge in [0.25, 0.3) is 5.91 Å². The standard InChI is InChI=1S/C22H18FN3O2/c1-14-21(15-6-9-19(28-2)10-7-15)25-20-11-8-18(13-26(14)20)24-22(27)16-4-3-5-17(23)12-16/h3-13H,1-2H3,(H,24,27). The highest BCUT2D eigenvalue weighted by atomic mass is 19.1. The Morgan fingerprint density at radius 3 is 2.61 bits per heavy atom. The fourth-order valence-corrected chi connectivity index (χ4v) is 3.09. The number of imidazole rings is 1. The SMILES string of the molecule is COc1ccc(-c2nc3ccc(NC(=O)c4cccc(F)c4)cn3c2C)cc1. The lowest BCUT2D eigenvalue weighted by atomic mass is 10.1. The molecule has 0 fully saturated rings. The predicted molar refractivity (Wildman–Crippen MR) is 106 cm³/mol. The van der Waals surface area contributed by atoms with Gasteiger partial charge in [0.2, 0.25) is 0 Å². The van der Waals surface area contributed by atoms with Crippen LogP contribution in [0.3, 0.4) is 0 Å². The molecule has 4 rings (SSSR count). The molecule has 0 saturated carbocycles. The Morgan fingerprint density at radius 2 is 1.89 bits per heavy atom. The minimum Gasteiger partial charge on any atom is -0.497 e. The number of ether oxygens (including phenoxy) is 1. The molecule has 1 amide bonds. The molecule has 6 heteroatoms. The van der Waals surface area contributed by atoms with Crippen molar-refractivity contribution in [3.8, 4) is 17.0 Å². The van der Waals surface area contributed by atoms with Gasteiger partial charge in [0.05, 0.1) is 18.5 Å². The van der Waals surface area contributed by atoms with E-state index in [-0.39, 0.29) is 11.5 Å². The summed E-state index contributed by atoms with van der Waals surface area (Å²) in [6.07, 6.45) is 1.81. The number of rotatable bonds is 4. The number of halogens is 1.